The molecule has 1 amide bonds. The molecule has 0 bridgehead atoms. The van der Waals surface area contributed by atoms with Crippen molar-refractivity contribution < 1.29 is 22.7 Å². The van der Waals surface area contributed by atoms with Crippen LogP contribution >= 0.6 is 0 Å². The van der Waals surface area contributed by atoms with Crippen LogP contribution in [0.3, 0.4) is 0 Å². The van der Waals surface area contributed by atoms with E-state index < -0.39 is 28.5 Å². The second-order valence-electron chi connectivity index (χ2n) is 5.98. The minimum absolute atomic E-state index is 0.0260. The quantitative estimate of drug-likeness (QED) is 0.497. The monoisotopic (exact) mass is 402 g/mol. The number of hydrogen-bond donors (Lipinski definition) is 3. The first-order chi connectivity index (χ1) is 13.3. The predicted octanol–water partition coefficient (Wildman–Crippen LogP) is 0.726. The minimum atomic E-state index is -3.73. The fourth-order valence-corrected chi connectivity index (χ4v) is 3.08. The van der Waals surface area contributed by atoms with Gasteiger partial charge < -0.3 is 10.1 Å². The molecular weight excluding hydrogens is 384 g/mol. The fraction of sp³-hybridized carbons (Fsp3) is 0.167. The normalized spacial score (nSPS) is 11.3. The van der Waals surface area contributed by atoms with E-state index in [1.807, 2.05) is 6.07 Å². The Morgan fingerprint density at radius 2 is 1.82 bits per heavy atom. The number of sulfonamides is 1. The number of hydrogen-bond acceptors (Lipinski definition) is 6. The Bertz CT molecular complexity index is 1110. The number of carbonyl (C=O) groups excluding carboxylic acids is 2. The number of aromatic amines is 1. The third-order valence-electron chi connectivity index (χ3n) is 3.99. The van der Waals surface area contributed by atoms with Gasteiger partial charge in [0, 0.05) is 11.9 Å². The molecule has 4 N–H and O–H groups in total. The fourth-order valence-electron chi connectivity index (χ4n) is 2.56. The summed E-state index contributed by atoms with van der Waals surface area (Å²) < 4.78 is 27.4. The molecule has 10 heteroatoms. The van der Waals surface area contributed by atoms with Crippen LogP contribution in [0.5, 0.6) is 0 Å². The van der Waals surface area contributed by atoms with Gasteiger partial charge in [0.25, 0.3) is 5.91 Å². The second-order valence-corrected chi connectivity index (χ2v) is 7.54. The number of aromatic nitrogens is 2. The Balaban J connectivity index is 1.45. The number of benzene rings is 2. The molecule has 0 atom stereocenters. The number of primary sulfonamides is 1. The maximum atomic E-state index is 12.1. The zero-order valence-corrected chi connectivity index (χ0v) is 15.5. The molecule has 1 heterocycles. The number of fused-ring (bicyclic) bond motifs is 1. The lowest BCUT2D eigenvalue weighted by Gasteiger charge is -2.06. The van der Waals surface area contributed by atoms with Crippen molar-refractivity contribution in [1.82, 2.24) is 15.5 Å². The van der Waals surface area contributed by atoms with E-state index >= 15 is 0 Å². The number of nitrogens with one attached hydrogen (secondary N) is 2. The van der Waals surface area contributed by atoms with Crippen molar-refractivity contribution in [3.8, 4) is 0 Å². The van der Waals surface area contributed by atoms with Crippen LogP contribution < -0.4 is 10.5 Å². The van der Waals surface area contributed by atoms with Crippen LogP contribution in [0, 0.1) is 0 Å². The number of H-pyrrole nitrogens is 1. The molecule has 2 aromatic carbocycles. The predicted molar refractivity (Wildman–Crippen MR) is 101 cm³/mol. The van der Waals surface area contributed by atoms with Crippen molar-refractivity contribution in [3.05, 3.63) is 59.8 Å². The molecule has 0 aliphatic carbocycles. The van der Waals surface area contributed by atoms with Crippen molar-refractivity contribution >= 4 is 32.8 Å². The Hall–Kier alpha value is -3.24. The summed E-state index contributed by atoms with van der Waals surface area (Å²) in [5.74, 6) is -1.14. The summed E-state index contributed by atoms with van der Waals surface area (Å²) in [5, 5.41) is 14.9. The first-order valence-corrected chi connectivity index (χ1v) is 9.88. The lowest BCUT2D eigenvalue weighted by Crippen LogP contribution is -2.30. The van der Waals surface area contributed by atoms with E-state index in [2.05, 4.69) is 15.5 Å². The molecule has 3 rings (SSSR count). The van der Waals surface area contributed by atoms with Crippen LogP contribution in [0.15, 0.2) is 53.4 Å². The number of esters is 1. The molecule has 0 aliphatic rings. The number of para-hydroxylation sites is 1. The number of ether oxygens (including phenoxy) is 1. The lowest BCUT2D eigenvalue weighted by atomic mass is 10.1. The summed E-state index contributed by atoms with van der Waals surface area (Å²) in [5.41, 5.74) is 1.65. The Morgan fingerprint density at radius 3 is 2.54 bits per heavy atom. The highest BCUT2D eigenvalue weighted by molar-refractivity contribution is 7.89. The van der Waals surface area contributed by atoms with E-state index in [9.17, 15) is 18.0 Å². The summed E-state index contributed by atoms with van der Waals surface area (Å²) in [7, 11) is -3.73. The van der Waals surface area contributed by atoms with Gasteiger partial charge in [0.05, 0.1) is 10.4 Å². The van der Waals surface area contributed by atoms with Gasteiger partial charge in [-0.1, -0.05) is 30.3 Å². The van der Waals surface area contributed by atoms with Gasteiger partial charge in [0.1, 0.15) is 0 Å². The Labute approximate surface area is 160 Å². The topological polar surface area (TPSA) is 144 Å². The average Bonchev–Trinajstić information content (AvgIpc) is 3.10. The second kappa shape index (κ2) is 8.19. The molecule has 0 unspecified atom stereocenters. The largest absolute Gasteiger partial charge is 0.451 e. The van der Waals surface area contributed by atoms with Crippen molar-refractivity contribution in [2.45, 2.75) is 11.3 Å². The molecule has 9 nitrogen and oxygen atoms in total. The van der Waals surface area contributed by atoms with E-state index in [1.165, 1.54) is 12.1 Å². The average molecular weight is 402 g/mol. The zero-order valence-electron chi connectivity index (χ0n) is 14.7. The summed E-state index contributed by atoms with van der Waals surface area (Å²) >= 11 is 0. The summed E-state index contributed by atoms with van der Waals surface area (Å²) in [6, 6.07) is 13.1. The highest BCUT2D eigenvalue weighted by atomic mass is 32.2. The maximum Gasteiger partial charge on any atom is 0.359 e. The van der Waals surface area contributed by atoms with Crippen LogP contribution in [-0.4, -0.2) is 43.6 Å². The van der Waals surface area contributed by atoms with Gasteiger partial charge in [0.15, 0.2) is 12.3 Å². The van der Waals surface area contributed by atoms with Crippen LogP contribution in [0.1, 0.15) is 16.1 Å². The van der Waals surface area contributed by atoms with Crippen molar-refractivity contribution in [1.29, 1.82) is 0 Å². The summed E-state index contributed by atoms with van der Waals surface area (Å²) in [6.45, 7) is -0.124. The SMILES string of the molecule is NS(=O)(=O)c1ccc(CCNC(=O)COC(=O)c2n[nH]c3ccccc23)cc1. The van der Waals surface area contributed by atoms with Crippen molar-refractivity contribution in [3.63, 3.8) is 0 Å². The highest BCUT2D eigenvalue weighted by Gasteiger charge is 2.16. The highest BCUT2D eigenvalue weighted by Crippen LogP contribution is 2.15. The summed E-state index contributed by atoms with van der Waals surface area (Å²) in [6.07, 6.45) is 0.481. The van der Waals surface area contributed by atoms with Gasteiger partial charge in [-0.3, -0.25) is 9.89 Å². The minimum Gasteiger partial charge on any atom is -0.451 e. The molecule has 146 valence electrons. The van der Waals surface area contributed by atoms with Crippen LogP contribution in [-0.2, 0) is 26.0 Å². The Kier molecular flexibility index (Phi) is 5.71. The van der Waals surface area contributed by atoms with Crippen molar-refractivity contribution in [2.75, 3.05) is 13.2 Å². The van der Waals surface area contributed by atoms with Gasteiger partial charge in [-0.25, -0.2) is 18.4 Å². The Morgan fingerprint density at radius 1 is 1.11 bits per heavy atom. The van der Waals surface area contributed by atoms with E-state index in [0.717, 1.165) is 5.56 Å². The molecular formula is C18H18N4O5S. The first kappa shape index (κ1) is 19.5. The van der Waals surface area contributed by atoms with E-state index in [4.69, 9.17) is 9.88 Å². The van der Waals surface area contributed by atoms with Gasteiger partial charge in [0.2, 0.25) is 10.0 Å². The van der Waals surface area contributed by atoms with Gasteiger partial charge in [-0.2, -0.15) is 5.10 Å². The standard InChI is InChI=1S/C18H18N4O5S/c19-28(25,26)13-7-5-12(6-8-13)9-10-20-16(23)11-27-18(24)17-14-3-1-2-4-15(14)21-22-17/h1-8H,9-11H2,(H,20,23)(H,21,22)(H2,19,25,26). The number of carbonyl (C=O) groups is 2. The molecule has 3 aromatic rings. The third-order valence-corrected chi connectivity index (χ3v) is 4.92. The zero-order chi connectivity index (χ0) is 20.1. The van der Waals surface area contributed by atoms with Crippen molar-refractivity contribution in [2.24, 2.45) is 5.14 Å². The molecule has 1 aromatic heterocycles. The third kappa shape index (κ3) is 4.72. The maximum absolute atomic E-state index is 12.1. The molecule has 28 heavy (non-hydrogen) atoms. The lowest BCUT2D eigenvalue weighted by molar-refractivity contribution is -0.124. The van der Waals surface area contributed by atoms with Gasteiger partial charge >= 0.3 is 5.97 Å². The van der Waals surface area contributed by atoms with Gasteiger partial charge in [-0.15, -0.1) is 0 Å². The van der Waals surface area contributed by atoms with E-state index in [-0.39, 0.29) is 10.6 Å². The van der Waals surface area contributed by atoms with Gasteiger partial charge in [-0.05, 0) is 30.2 Å². The van der Waals surface area contributed by atoms with E-state index in [0.29, 0.717) is 23.9 Å². The first-order valence-electron chi connectivity index (χ1n) is 8.33. The van der Waals surface area contributed by atoms with Crippen LogP contribution in [0.4, 0.5) is 0 Å². The molecule has 0 saturated carbocycles. The molecule has 0 aliphatic heterocycles. The summed E-state index contributed by atoms with van der Waals surface area (Å²) in [4.78, 5) is 24.0. The molecule has 0 saturated heterocycles. The number of amides is 1. The van der Waals surface area contributed by atoms with Crippen LogP contribution in [0.2, 0.25) is 0 Å². The molecule has 0 spiro atoms. The smallest absolute Gasteiger partial charge is 0.359 e. The number of nitrogens with zero attached hydrogens (tertiary/aromatic N) is 1. The molecule has 0 radical (unpaired) electrons. The van der Waals surface area contributed by atoms with Crippen LogP contribution in [0.25, 0.3) is 10.9 Å². The molecule has 0 fully saturated rings. The number of rotatable bonds is 7. The van der Waals surface area contributed by atoms with E-state index in [1.54, 1.807) is 30.3 Å². The number of nitrogens with two attached hydrogens (primary N) is 1.